The van der Waals surface area contributed by atoms with Gasteiger partial charge in [-0.15, -0.1) is 0 Å². The van der Waals surface area contributed by atoms with Crippen LogP contribution in [0, 0.1) is 0 Å². The molecule has 3 heterocycles. The van der Waals surface area contributed by atoms with Gasteiger partial charge < -0.3 is 14.6 Å². The molecule has 1 amide bonds. The molecule has 2 bridgehead atoms. The molecule has 0 spiro atoms. The van der Waals surface area contributed by atoms with Crippen molar-refractivity contribution in [2.75, 3.05) is 13.1 Å². The van der Waals surface area contributed by atoms with E-state index in [1.165, 1.54) is 0 Å². The third-order valence-corrected chi connectivity index (χ3v) is 3.31. The zero-order valence-corrected chi connectivity index (χ0v) is 8.83. The number of carbonyl (C=O) groups is 1. The van der Waals surface area contributed by atoms with Crippen molar-refractivity contribution in [2.24, 2.45) is 0 Å². The van der Waals surface area contributed by atoms with Gasteiger partial charge in [0.15, 0.2) is 11.0 Å². The Morgan fingerprint density at radius 3 is 2.73 bits per heavy atom. The van der Waals surface area contributed by atoms with Crippen molar-refractivity contribution in [1.82, 2.24) is 10.2 Å². The highest BCUT2D eigenvalue weighted by molar-refractivity contribution is 6.29. The summed E-state index contributed by atoms with van der Waals surface area (Å²) in [5.74, 6) is 0.307. The van der Waals surface area contributed by atoms with Gasteiger partial charge in [-0.1, -0.05) is 0 Å². The zero-order valence-electron chi connectivity index (χ0n) is 8.07. The van der Waals surface area contributed by atoms with E-state index in [1.807, 2.05) is 4.90 Å². The Balaban J connectivity index is 1.81. The first-order valence-electron chi connectivity index (χ1n) is 5.04. The lowest BCUT2D eigenvalue weighted by Crippen LogP contribution is -2.69. The smallest absolute Gasteiger partial charge is 0.290 e. The number of nitrogens with one attached hydrogen (secondary N) is 1. The van der Waals surface area contributed by atoms with E-state index >= 15 is 0 Å². The van der Waals surface area contributed by atoms with Gasteiger partial charge in [-0.2, -0.15) is 0 Å². The van der Waals surface area contributed by atoms with Gasteiger partial charge >= 0.3 is 0 Å². The number of hydrogen-bond acceptors (Lipinski definition) is 3. The molecule has 1 aromatic rings. The second kappa shape index (κ2) is 3.25. The van der Waals surface area contributed by atoms with E-state index in [0.717, 1.165) is 19.5 Å². The Morgan fingerprint density at radius 2 is 2.20 bits per heavy atom. The molecule has 0 aromatic carbocycles. The maximum absolute atomic E-state index is 12.0. The van der Waals surface area contributed by atoms with Crippen LogP contribution in [0.25, 0.3) is 0 Å². The fraction of sp³-hybridized carbons (Fsp3) is 0.500. The minimum Gasteiger partial charge on any atom is -0.440 e. The van der Waals surface area contributed by atoms with Crippen molar-refractivity contribution in [2.45, 2.75) is 18.5 Å². The maximum Gasteiger partial charge on any atom is 0.290 e. The van der Waals surface area contributed by atoms with Crippen molar-refractivity contribution in [3.8, 4) is 0 Å². The van der Waals surface area contributed by atoms with Gasteiger partial charge in [0.25, 0.3) is 5.91 Å². The Morgan fingerprint density at radius 1 is 1.47 bits per heavy atom. The summed E-state index contributed by atoms with van der Waals surface area (Å²) in [7, 11) is 0. The molecule has 2 saturated heterocycles. The Bertz CT molecular complexity index is 390. The minimum absolute atomic E-state index is 0.0374. The van der Waals surface area contributed by atoms with Gasteiger partial charge in [0.05, 0.1) is 0 Å². The Hall–Kier alpha value is -1.00. The van der Waals surface area contributed by atoms with Crippen molar-refractivity contribution < 1.29 is 9.21 Å². The average Bonchev–Trinajstić information content (AvgIpc) is 2.66. The van der Waals surface area contributed by atoms with Crippen molar-refractivity contribution in [1.29, 1.82) is 0 Å². The number of halogens is 1. The van der Waals surface area contributed by atoms with Crippen molar-refractivity contribution >= 4 is 17.5 Å². The highest BCUT2D eigenvalue weighted by Gasteiger charge is 2.45. The molecule has 80 valence electrons. The highest BCUT2D eigenvalue weighted by Crippen LogP contribution is 2.30. The van der Waals surface area contributed by atoms with Gasteiger partial charge in [0, 0.05) is 25.2 Å². The van der Waals surface area contributed by atoms with Crippen molar-refractivity contribution in [3.05, 3.63) is 23.1 Å². The summed E-state index contributed by atoms with van der Waals surface area (Å²) in [6.07, 6.45) is 1.10. The number of fused-ring (bicyclic) bond motifs is 2. The molecule has 15 heavy (non-hydrogen) atoms. The monoisotopic (exact) mass is 226 g/mol. The van der Waals surface area contributed by atoms with Gasteiger partial charge in [-0.25, -0.2) is 0 Å². The first-order valence-corrected chi connectivity index (χ1v) is 5.42. The molecule has 1 N–H and O–H groups in total. The number of carbonyl (C=O) groups excluding carboxylic acids is 1. The summed E-state index contributed by atoms with van der Waals surface area (Å²) < 4.78 is 5.12. The molecule has 4 nitrogen and oxygen atoms in total. The van der Waals surface area contributed by atoms with Crippen LogP contribution in [0.2, 0.25) is 5.22 Å². The summed E-state index contributed by atoms with van der Waals surface area (Å²) in [5, 5.41) is 3.54. The molecule has 0 aliphatic carbocycles. The molecule has 0 saturated carbocycles. The van der Waals surface area contributed by atoms with E-state index in [1.54, 1.807) is 12.1 Å². The molecule has 2 aliphatic rings. The lowest BCUT2D eigenvalue weighted by molar-refractivity contribution is -0.00461. The zero-order chi connectivity index (χ0) is 10.4. The van der Waals surface area contributed by atoms with Crippen LogP contribution in [0.3, 0.4) is 0 Å². The topological polar surface area (TPSA) is 45.5 Å². The molecule has 2 atom stereocenters. The molecule has 5 heteroatoms. The molecule has 3 rings (SSSR count). The fourth-order valence-corrected chi connectivity index (χ4v) is 2.52. The predicted octanol–water partition coefficient (Wildman–Crippen LogP) is 1.12. The normalized spacial score (nSPS) is 28.7. The molecule has 0 radical (unpaired) electrons. The average molecular weight is 227 g/mol. The lowest BCUT2D eigenvalue weighted by Gasteiger charge is -2.52. The SMILES string of the molecule is O=C(c1ccc(Cl)o1)N1C2CNCC1C2. The highest BCUT2D eigenvalue weighted by atomic mass is 35.5. The quantitative estimate of drug-likeness (QED) is 0.781. The van der Waals surface area contributed by atoms with Crippen LogP contribution in [-0.4, -0.2) is 36.0 Å². The van der Waals surface area contributed by atoms with Crippen LogP contribution in [-0.2, 0) is 0 Å². The lowest BCUT2D eigenvalue weighted by atomic mass is 9.88. The molecule has 2 fully saturated rings. The molecule has 1 aromatic heterocycles. The van der Waals surface area contributed by atoms with E-state index in [4.69, 9.17) is 16.0 Å². The molecule has 2 unspecified atom stereocenters. The standard InChI is InChI=1S/C10H11ClN2O2/c11-9-2-1-8(15-9)10(14)13-6-3-7(13)5-12-4-6/h1-2,6-7,12H,3-5H2. The van der Waals surface area contributed by atoms with Crippen LogP contribution in [0.5, 0.6) is 0 Å². The number of nitrogens with zero attached hydrogens (tertiary/aromatic N) is 1. The second-order valence-electron chi connectivity index (χ2n) is 4.02. The summed E-state index contributed by atoms with van der Waals surface area (Å²) in [5.41, 5.74) is 0. The first kappa shape index (κ1) is 9.24. The van der Waals surface area contributed by atoms with E-state index in [0.29, 0.717) is 17.8 Å². The van der Waals surface area contributed by atoms with Gasteiger partial charge in [0.2, 0.25) is 0 Å². The van der Waals surface area contributed by atoms with E-state index in [-0.39, 0.29) is 11.1 Å². The van der Waals surface area contributed by atoms with Crippen LogP contribution >= 0.6 is 11.6 Å². The van der Waals surface area contributed by atoms with E-state index in [2.05, 4.69) is 5.32 Å². The summed E-state index contributed by atoms with van der Waals surface area (Å²) >= 11 is 5.64. The van der Waals surface area contributed by atoms with Crippen LogP contribution in [0.15, 0.2) is 16.5 Å². The molecular weight excluding hydrogens is 216 g/mol. The number of piperazine rings is 1. The Kier molecular flexibility index (Phi) is 2.00. The van der Waals surface area contributed by atoms with Gasteiger partial charge in [0.1, 0.15) is 0 Å². The number of rotatable bonds is 1. The fourth-order valence-electron chi connectivity index (χ4n) is 2.37. The number of furan rings is 1. The number of hydrogen-bond donors (Lipinski definition) is 1. The minimum atomic E-state index is -0.0374. The van der Waals surface area contributed by atoms with Gasteiger partial charge in [-0.3, -0.25) is 4.79 Å². The summed E-state index contributed by atoms with van der Waals surface area (Å²) in [6.45, 7) is 1.77. The predicted molar refractivity (Wildman–Crippen MR) is 55.0 cm³/mol. The van der Waals surface area contributed by atoms with Crippen LogP contribution < -0.4 is 5.32 Å². The summed E-state index contributed by atoms with van der Waals surface area (Å²) in [4.78, 5) is 13.9. The van der Waals surface area contributed by atoms with E-state index in [9.17, 15) is 4.79 Å². The first-order chi connectivity index (χ1) is 7.25. The van der Waals surface area contributed by atoms with Gasteiger partial charge in [-0.05, 0) is 30.2 Å². The second-order valence-corrected chi connectivity index (χ2v) is 4.39. The van der Waals surface area contributed by atoms with Crippen LogP contribution in [0.4, 0.5) is 0 Å². The Labute approximate surface area is 92.2 Å². The van der Waals surface area contributed by atoms with E-state index < -0.39 is 0 Å². The summed E-state index contributed by atoms with van der Waals surface area (Å²) in [6, 6.07) is 3.90. The number of amides is 1. The third kappa shape index (κ3) is 1.36. The number of piperidine rings is 1. The molecule has 2 aliphatic heterocycles. The van der Waals surface area contributed by atoms with Crippen molar-refractivity contribution in [3.63, 3.8) is 0 Å². The molecular formula is C10H11ClN2O2. The van der Waals surface area contributed by atoms with Crippen LogP contribution in [0.1, 0.15) is 17.0 Å². The maximum atomic E-state index is 12.0. The largest absolute Gasteiger partial charge is 0.440 e. The third-order valence-electron chi connectivity index (χ3n) is 3.11.